The molecule has 0 fully saturated rings. The molecule has 2 heterocycles. The summed E-state index contributed by atoms with van der Waals surface area (Å²) in [5, 5.41) is 1.60. The molecule has 2 aromatic heterocycles. The van der Waals surface area contributed by atoms with Gasteiger partial charge in [-0.1, -0.05) is 34.5 Å². The number of fused-ring (bicyclic) bond motifs is 1. The van der Waals surface area contributed by atoms with E-state index in [1.54, 1.807) is 61.9 Å². The zero-order valence-electron chi connectivity index (χ0n) is 15.8. The van der Waals surface area contributed by atoms with Crippen LogP contribution in [0.3, 0.4) is 0 Å². The van der Waals surface area contributed by atoms with Gasteiger partial charge in [-0.25, -0.2) is 4.98 Å². The summed E-state index contributed by atoms with van der Waals surface area (Å²) >= 11 is 13.5. The van der Waals surface area contributed by atoms with Crippen LogP contribution in [-0.4, -0.2) is 24.6 Å². The first-order valence-corrected chi connectivity index (χ1v) is 10.5. The number of thiazole rings is 1. The highest BCUT2D eigenvalue weighted by Gasteiger charge is 2.23. The highest BCUT2D eigenvalue weighted by atomic mass is 35.5. The fourth-order valence-corrected chi connectivity index (χ4v) is 4.19. The van der Waals surface area contributed by atoms with E-state index in [1.165, 1.54) is 16.2 Å². The van der Waals surface area contributed by atoms with E-state index in [1.807, 2.05) is 0 Å². The van der Waals surface area contributed by atoms with Crippen LogP contribution in [-0.2, 0) is 11.3 Å². The maximum Gasteiger partial charge on any atom is 0.267 e. The average Bonchev–Trinajstić information content (AvgIpc) is 3.42. The van der Waals surface area contributed by atoms with Gasteiger partial charge in [0.05, 0.1) is 29.6 Å². The number of hydrogen-bond acceptors (Lipinski definition) is 6. The van der Waals surface area contributed by atoms with Crippen LogP contribution in [0.4, 0.5) is 5.13 Å². The normalized spacial score (nSPS) is 10.9. The summed E-state index contributed by atoms with van der Waals surface area (Å²) in [7, 11) is 1.56. The molecular formula is C21H16Cl2N2O4S. The highest BCUT2D eigenvalue weighted by Crippen LogP contribution is 2.39. The molecule has 0 atom stereocenters. The van der Waals surface area contributed by atoms with Crippen LogP contribution < -0.4 is 14.4 Å². The van der Waals surface area contributed by atoms with Crippen molar-refractivity contribution in [3.8, 4) is 11.5 Å². The molecule has 4 rings (SSSR count). The molecule has 0 aliphatic heterocycles. The fraction of sp³-hybridized carbons (Fsp3) is 0.143. The van der Waals surface area contributed by atoms with Crippen molar-refractivity contribution < 1.29 is 18.7 Å². The van der Waals surface area contributed by atoms with Crippen LogP contribution >= 0.6 is 34.5 Å². The monoisotopic (exact) mass is 462 g/mol. The third-order valence-electron chi connectivity index (χ3n) is 4.27. The van der Waals surface area contributed by atoms with E-state index in [2.05, 4.69) is 4.98 Å². The summed E-state index contributed by atoms with van der Waals surface area (Å²) in [5.74, 6) is 1.46. The van der Waals surface area contributed by atoms with Crippen LogP contribution in [0.25, 0.3) is 10.2 Å². The smallest absolute Gasteiger partial charge is 0.267 e. The largest absolute Gasteiger partial charge is 0.494 e. The molecule has 154 valence electrons. The van der Waals surface area contributed by atoms with E-state index < -0.39 is 0 Å². The number of amides is 1. The van der Waals surface area contributed by atoms with Crippen molar-refractivity contribution in [3.63, 3.8) is 0 Å². The summed E-state index contributed by atoms with van der Waals surface area (Å²) < 4.78 is 17.2. The topological polar surface area (TPSA) is 64.8 Å². The van der Waals surface area contributed by atoms with Gasteiger partial charge in [0, 0.05) is 5.02 Å². The standard InChI is InChI=1S/C21H16Cl2N2O4S/c1-27-17-9-8-16(23)20-19(17)24-21(30-20)25(11-15-3-2-10-28-15)18(26)12-29-14-6-4-13(22)5-7-14/h2-10H,11-12H2,1H3. The number of methoxy groups -OCH3 is 1. The Morgan fingerprint density at radius 2 is 1.97 bits per heavy atom. The van der Waals surface area contributed by atoms with Crippen molar-refractivity contribution in [2.75, 3.05) is 18.6 Å². The molecule has 0 aliphatic rings. The lowest BCUT2D eigenvalue weighted by Crippen LogP contribution is -2.34. The maximum absolute atomic E-state index is 13.1. The lowest BCUT2D eigenvalue weighted by atomic mass is 10.3. The van der Waals surface area contributed by atoms with Crippen molar-refractivity contribution in [3.05, 3.63) is 70.6 Å². The third kappa shape index (κ3) is 4.38. The van der Waals surface area contributed by atoms with Crippen LogP contribution in [0, 0.1) is 0 Å². The molecule has 0 aliphatic carbocycles. The number of rotatable bonds is 7. The molecule has 4 aromatic rings. The van der Waals surface area contributed by atoms with Gasteiger partial charge >= 0.3 is 0 Å². The second kappa shape index (κ2) is 8.95. The molecule has 30 heavy (non-hydrogen) atoms. The van der Waals surface area contributed by atoms with Crippen LogP contribution in [0.15, 0.2) is 59.2 Å². The Kier molecular flexibility index (Phi) is 6.13. The van der Waals surface area contributed by atoms with Crippen LogP contribution in [0.5, 0.6) is 11.5 Å². The Labute approximate surface area is 186 Å². The van der Waals surface area contributed by atoms with Gasteiger partial charge in [0.2, 0.25) is 0 Å². The first-order chi connectivity index (χ1) is 14.5. The molecule has 0 saturated heterocycles. The van der Waals surface area contributed by atoms with E-state index in [9.17, 15) is 4.79 Å². The summed E-state index contributed by atoms with van der Waals surface area (Å²) in [6, 6.07) is 13.8. The van der Waals surface area contributed by atoms with Crippen molar-refractivity contribution in [2.24, 2.45) is 0 Å². The van der Waals surface area contributed by atoms with Gasteiger partial charge in [0.15, 0.2) is 11.7 Å². The predicted octanol–water partition coefficient (Wildman–Crippen LogP) is 5.82. The molecule has 1 amide bonds. The second-order valence-corrected chi connectivity index (χ2v) is 8.05. The first-order valence-electron chi connectivity index (χ1n) is 8.89. The molecule has 6 nitrogen and oxygen atoms in total. The molecular weight excluding hydrogens is 447 g/mol. The van der Waals surface area contributed by atoms with Crippen LogP contribution in [0.2, 0.25) is 10.0 Å². The van der Waals surface area contributed by atoms with Crippen molar-refractivity contribution >= 4 is 55.8 Å². The Morgan fingerprint density at radius 3 is 2.67 bits per heavy atom. The van der Waals surface area contributed by atoms with Gasteiger partial charge in [-0.3, -0.25) is 9.69 Å². The quantitative estimate of drug-likeness (QED) is 0.346. The Balaban J connectivity index is 1.64. The number of anilines is 1. The van der Waals surface area contributed by atoms with E-state index in [0.717, 1.165) is 4.70 Å². The van der Waals surface area contributed by atoms with Crippen molar-refractivity contribution in [2.45, 2.75) is 6.54 Å². The zero-order chi connectivity index (χ0) is 21.1. The summed E-state index contributed by atoms with van der Waals surface area (Å²) in [6.07, 6.45) is 1.56. The summed E-state index contributed by atoms with van der Waals surface area (Å²) in [6.45, 7) is 0.0265. The van der Waals surface area contributed by atoms with E-state index in [-0.39, 0.29) is 19.1 Å². The van der Waals surface area contributed by atoms with Gasteiger partial charge < -0.3 is 13.9 Å². The van der Waals surface area contributed by atoms with Gasteiger partial charge in [-0.15, -0.1) is 0 Å². The van der Waals surface area contributed by atoms with Gasteiger partial charge in [-0.05, 0) is 48.5 Å². The summed E-state index contributed by atoms with van der Waals surface area (Å²) in [4.78, 5) is 19.2. The Morgan fingerprint density at radius 1 is 1.17 bits per heavy atom. The second-order valence-electron chi connectivity index (χ2n) is 6.23. The lowest BCUT2D eigenvalue weighted by molar-refractivity contribution is -0.120. The molecule has 0 spiro atoms. The number of hydrogen-bond donors (Lipinski definition) is 0. The van der Waals surface area contributed by atoms with Gasteiger partial charge in [-0.2, -0.15) is 0 Å². The predicted molar refractivity (Wildman–Crippen MR) is 118 cm³/mol. The first kappa shape index (κ1) is 20.5. The number of carbonyl (C=O) groups is 1. The number of nitrogens with zero attached hydrogens (tertiary/aromatic N) is 2. The van der Waals surface area contributed by atoms with Crippen molar-refractivity contribution in [1.82, 2.24) is 4.98 Å². The van der Waals surface area contributed by atoms with Crippen molar-refractivity contribution in [1.29, 1.82) is 0 Å². The molecule has 0 N–H and O–H groups in total. The fourth-order valence-electron chi connectivity index (χ4n) is 2.80. The minimum absolute atomic E-state index is 0.177. The molecule has 0 unspecified atom stereocenters. The Bertz CT molecular complexity index is 1160. The van der Waals surface area contributed by atoms with Gasteiger partial charge in [0.1, 0.15) is 22.8 Å². The number of aromatic nitrogens is 1. The number of ether oxygens (including phenoxy) is 2. The molecule has 0 radical (unpaired) electrons. The van der Waals surface area contributed by atoms with Gasteiger partial charge in [0.25, 0.3) is 5.91 Å². The molecule has 2 aromatic carbocycles. The Hall–Kier alpha value is -2.74. The minimum Gasteiger partial charge on any atom is -0.494 e. The third-order valence-corrected chi connectivity index (χ3v) is 6.06. The lowest BCUT2D eigenvalue weighted by Gasteiger charge is -2.19. The zero-order valence-corrected chi connectivity index (χ0v) is 18.1. The maximum atomic E-state index is 13.1. The number of halogens is 2. The SMILES string of the molecule is COc1ccc(Cl)c2sc(N(Cc3ccco3)C(=O)COc3ccc(Cl)cc3)nc12. The van der Waals surface area contributed by atoms with E-state index >= 15 is 0 Å². The molecule has 9 heteroatoms. The van der Waals surface area contributed by atoms with E-state index in [0.29, 0.717) is 38.0 Å². The van der Waals surface area contributed by atoms with E-state index in [4.69, 9.17) is 37.1 Å². The summed E-state index contributed by atoms with van der Waals surface area (Å²) in [5.41, 5.74) is 0.598. The van der Waals surface area contributed by atoms with Crippen LogP contribution in [0.1, 0.15) is 5.76 Å². The number of benzene rings is 2. The molecule has 0 saturated carbocycles. The average molecular weight is 463 g/mol. The minimum atomic E-state index is -0.282. The highest BCUT2D eigenvalue weighted by molar-refractivity contribution is 7.23. The molecule has 0 bridgehead atoms. The number of furan rings is 1. The number of carbonyl (C=O) groups excluding carboxylic acids is 1.